The van der Waals surface area contributed by atoms with Gasteiger partial charge in [0.15, 0.2) is 0 Å². The van der Waals surface area contributed by atoms with Gasteiger partial charge in [0.25, 0.3) is 0 Å². The van der Waals surface area contributed by atoms with Gasteiger partial charge in [-0.25, -0.2) is 0 Å². The lowest BCUT2D eigenvalue weighted by Gasteiger charge is -2.46. The van der Waals surface area contributed by atoms with Crippen molar-refractivity contribution >= 4 is 28.7 Å². The molecule has 4 N–H and O–H groups in total. The van der Waals surface area contributed by atoms with Gasteiger partial charge in [0.05, 0.1) is 35.4 Å². The molecule has 9 rings (SSSR count). The van der Waals surface area contributed by atoms with Gasteiger partial charge in [-0.2, -0.15) is 13.2 Å². The molecule has 4 fully saturated rings. The highest BCUT2D eigenvalue weighted by atomic mass is 19.4. The number of H-pyrrole nitrogens is 1. The highest BCUT2D eigenvalue weighted by Gasteiger charge is 2.47. The molecule has 4 aromatic carbocycles. The molecule has 15 heteroatoms. The molecule has 4 saturated heterocycles. The fourth-order valence-electron chi connectivity index (χ4n) is 9.80. The maximum absolute atomic E-state index is 14.1. The van der Waals surface area contributed by atoms with E-state index in [9.17, 15) is 42.6 Å². The van der Waals surface area contributed by atoms with E-state index in [0.29, 0.717) is 66.9 Å². The molecule has 0 aliphatic carbocycles. The number of aliphatic hydroxyl groups excluding tert-OH is 1. The molecule has 348 valence electrons. The number of esters is 1. The summed E-state index contributed by atoms with van der Waals surface area (Å²) in [4.78, 5) is 61.7. The number of hydrogen-bond acceptors (Lipinski definition) is 9. The summed E-state index contributed by atoms with van der Waals surface area (Å²) in [7, 11) is 0. The summed E-state index contributed by atoms with van der Waals surface area (Å²) in [5, 5.41) is 24.8. The van der Waals surface area contributed by atoms with E-state index in [0.717, 1.165) is 55.7 Å². The minimum Gasteiger partial charge on any atom is -0.506 e. The Labute approximate surface area is 381 Å². The molecule has 5 aromatic rings. The quantitative estimate of drug-likeness (QED) is 0.0662. The number of carbonyl (C=O) groups excluding carboxylic acids is 3. The molecule has 0 radical (unpaired) electrons. The maximum Gasteiger partial charge on any atom is 0.416 e. The summed E-state index contributed by atoms with van der Waals surface area (Å²) in [6, 6.07) is 27.7. The minimum atomic E-state index is -4.54. The molecule has 4 aliphatic rings. The lowest BCUT2D eigenvalue weighted by molar-refractivity contribution is -0.168. The first kappa shape index (κ1) is 46.5. The molecule has 1 aromatic heterocycles. The van der Waals surface area contributed by atoms with Crippen molar-refractivity contribution in [2.24, 2.45) is 5.92 Å². The molecule has 2 unspecified atom stereocenters. The molecule has 2 amide bonds. The van der Waals surface area contributed by atoms with Crippen LogP contribution < -0.4 is 10.9 Å². The smallest absolute Gasteiger partial charge is 0.416 e. The molecule has 4 aliphatic heterocycles. The Hall–Kier alpha value is -6.03. The number of phenolic OH excluding ortho intramolecular Hbond substituents is 1. The zero-order valence-corrected chi connectivity index (χ0v) is 36.8. The van der Waals surface area contributed by atoms with Crippen LogP contribution in [0.25, 0.3) is 10.9 Å². The topological polar surface area (TPSA) is 156 Å². The Bertz CT molecular complexity index is 2550. The number of ether oxygens (including phenoxy) is 1. The first-order valence-electron chi connectivity index (χ1n) is 22.8. The van der Waals surface area contributed by atoms with E-state index >= 15 is 0 Å². The second kappa shape index (κ2) is 20.2. The van der Waals surface area contributed by atoms with E-state index < -0.39 is 28.8 Å². The first-order valence-corrected chi connectivity index (χ1v) is 22.8. The third kappa shape index (κ3) is 10.8. The van der Waals surface area contributed by atoms with Gasteiger partial charge in [-0.1, -0.05) is 72.8 Å². The molecule has 5 heterocycles. The lowest BCUT2D eigenvalue weighted by atomic mass is 9.72. The summed E-state index contributed by atoms with van der Waals surface area (Å²) in [6.07, 6.45) is -2.09. The Kier molecular flexibility index (Phi) is 14.3. The number of pyridine rings is 1. The SMILES string of the molecule is O=C(Cc1ccc(CC(=O)N(CCCNCC(O)c2ccc(O)c3[nH]c(=O)ccc23)Cc2cccc(C(F)(F)F)c2)cc1)N1CCC(C(=O)OC2CN3CCC2CC3)(c2ccccc2)CC1. The molecule has 2 bridgehead atoms. The number of nitrogens with zero attached hydrogens (tertiary/aromatic N) is 3. The van der Waals surface area contributed by atoms with Gasteiger partial charge in [0.2, 0.25) is 17.4 Å². The standard InChI is InChI=1S/C51H56F3N5O7/c52-51(53,54)39-9-4-6-36(28-39)32-59(23-5-22-55-31-43(61)40-14-16-42(60)48-41(40)15-17-45(62)56-48)47(64)30-35-12-10-34(11-13-35)29-46(63)58-26-20-50(21-27-58,38-7-2-1-3-8-38)49(65)66-44-33-57-24-18-37(44)19-25-57/h1-4,6-17,28,37,43-44,55,60-61H,5,18-27,29-33H2,(H,56,62). The lowest BCUT2D eigenvalue weighted by Crippen LogP contribution is -2.55. The van der Waals surface area contributed by atoms with Crippen LogP contribution in [-0.4, -0.2) is 106 Å². The Morgan fingerprint density at radius 3 is 2.26 bits per heavy atom. The zero-order valence-electron chi connectivity index (χ0n) is 36.8. The molecular formula is C51H56F3N5O7. The number of likely N-dealkylation sites (tertiary alicyclic amines) is 1. The average molecular weight is 908 g/mol. The number of amides is 2. The van der Waals surface area contributed by atoms with Gasteiger partial charge in [0.1, 0.15) is 11.9 Å². The van der Waals surface area contributed by atoms with Crippen LogP contribution >= 0.6 is 0 Å². The number of phenols is 1. The van der Waals surface area contributed by atoms with Gasteiger partial charge in [0, 0.05) is 50.7 Å². The van der Waals surface area contributed by atoms with E-state index in [-0.39, 0.29) is 67.6 Å². The first-order chi connectivity index (χ1) is 31.8. The Morgan fingerprint density at radius 2 is 1.58 bits per heavy atom. The van der Waals surface area contributed by atoms with Crippen LogP contribution in [0.2, 0.25) is 0 Å². The number of nitrogens with one attached hydrogen (secondary N) is 2. The molecule has 66 heavy (non-hydrogen) atoms. The van der Waals surface area contributed by atoms with E-state index in [1.807, 2.05) is 42.5 Å². The number of piperidine rings is 4. The molecule has 0 saturated carbocycles. The summed E-state index contributed by atoms with van der Waals surface area (Å²) in [6.45, 7) is 4.35. The molecule has 12 nitrogen and oxygen atoms in total. The monoisotopic (exact) mass is 907 g/mol. The minimum absolute atomic E-state index is 0.0151. The van der Waals surface area contributed by atoms with Crippen molar-refractivity contribution in [1.29, 1.82) is 0 Å². The van der Waals surface area contributed by atoms with Crippen LogP contribution in [0.3, 0.4) is 0 Å². The Morgan fingerprint density at radius 1 is 0.864 bits per heavy atom. The van der Waals surface area contributed by atoms with Crippen LogP contribution in [0.1, 0.15) is 71.6 Å². The maximum atomic E-state index is 14.1. The van der Waals surface area contributed by atoms with Gasteiger partial charge in [-0.15, -0.1) is 0 Å². The number of benzene rings is 4. The molecular weight excluding hydrogens is 852 g/mol. The summed E-state index contributed by atoms with van der Waals surface area (Å²) in [5.74, 6) is -0.287. The highest BCUT2D eigenvalue weighted by Crippen LogP contribution is 2.40. The number of aliphatic hydroxyl groups is 1. The van der Waals surface area contributed by atoms with Crippen molar-refractivity contribution < 1.29 is 42.5 Å². The zero-order chi connectivity index (χ0) is 46.4. The van der Waals surface area contributed by atoms with Crippen molar-refractivity contribution in [1.82, 2.24) is 25.0 Å². The third-order valence-electron chi connectivity index (χ3n) is 13.6. The number of aromatic hydroxyl groups is 1. The second-order valence-electron chi connectivity index (χ2n) is 18.0. The number of carbonyl (C=O) groups is 3. The van der Waals surface area contributed by atoms with Crippen LogP contribution in [0.15, 0.2) is 108 Å². The number of aromatic amines is 1. The number of rotatable bonds is 16. The van der Waals surface area contributed by atoms with E-state index in [1.54, 1.807) is 29.2 Å². The predicted molar refractivity (Wildman–Crippen MR) is 242 cm³/mol. The number of fused-ring (bicyclic) bond motifs is 4. The van der Waals surface area contributed by atoms with Gasteiger partial charge in [-0.05, 0) is 110 Å². The van der Waals surface area contributed by atoms with Crippen LogP contribution in [0.5, 0.6) is 5.75 Å². The van der Waals surface area contributed by atoms with Crippen LogP contribution in [-0.2, 0) is 50.1 Å². The van der Waals surface area contributed by atoms with Crippen molar-refractivity contribution in [2.75, 3.05) is 52.4 Å². The predicted octanol–water partition coefficient (Wildman–Crippen LogP) is 6.28. The van der Waals surface area contributed by atoms with Gasteiger partial charge >= 0.3 is 12.1 Å². The third-order valence-corrected chi connectivity index (χ3v) is 13.6. The summed E-state index contributed by atoms with van der Waals surface area (Å²) in [5.41, 5.74) is 1.38. The largest absolute Gasteiger partial charge is 0.506 e. The van der Waals surface area contributed by atoms with Gasteiger partial charge in [-0.3, -0.25) is 24.1 Å². The van der Waals surface area contributed by atoms with E-state index in [4.69, 9.17) is 4.74 Å². The van der Waals surface area contributed by atoms with Crippen LogP contribution in [0, 0.1) is 5.92 Å². The highest BCUT2D eigenvalue weighted by molar-refractivity contribution is 5.87. The number of hydrogen-bond donors (Lipinski definition) is 4. The Balaban J connectivity index is 0.865. The average Bonchev–Trinajstić information content (AvgIpc) is 3.32. The number of halogens is 3. The fraction of sp³-hybridized carbons (Fsp3) is 0.412. The number of aromatic nitrogens is 1. The molecule has 2 atom stereocenters. The van der Waals surface area contributed by atoms with Crippen LogP contribution in [0.4, 0.5) is 13.2 Å². The van der Waals surface area contributed by atoms with Crippen molar-refractivity contribution in [2.45, 2.75) is 75.3 Å². The van der Waals surface area contributed by atoms with Crippen molar-refractivity contribution in [3.63, 3.8) is 0 Å². The molecule has 0 spiro atoms. The summed E-state index contributed by atoms with van der Waals surface area (Å²) < 4.78 is 47.1. The second-order valence-corrected chi connectivity index (χ2v) is 18.0. The van der Waals surface area contributed by atoms with Crippen molar-refractivity contribution in [3.8, 4) is 5.75 Å². The van der Waals surface area contributed by atoms with Gasteiger partial charge < -0.3 is 35.1 Å². The van der Waals surface area contributed by atoms with Crippen molar-refractivity contribution in [3.05, 3.63) is 147 Å². The normalized spacial score (nSPS) is 19.6. The summed E-state index contributed by atoms with van der Waals surface area (Å²) >= 11 is 0. The fourth-order valence-corrected chi connectivity index (χ4v) is 9.80. The van der Waals surface area contributed by atoms with E-state index in [2.05, 4.69) is 15.2 Å². The number of alkyl halides is 3. The van der Waals surface area contributed by atoms with E-state index in [1.165, 1.54) is 29.2 Å².